The summed E-state index contributed by atoms with van der Waals surface area (Å²) in [7, 11) is 0. The lowest BCUT2D eigenvalue weighted by Gasteiger charge is -2.29. The average Bonchev–Trinajstić information content (AvgIpc) is 3.37. The predicted octanol–water partition coefficient (Wildman–Crippen LogP) is 4.46. The molecule has 0 unspecified atom stereocenters. The minimum Gasteiger partial charge on any atom is -0.478 e. The number of Topliss-reactive ketones (excluding diaryl/α,β-unsaturated/α-hetero) is 1. The molecule has 1 aromatic heterocycles. The number of carbonyl (C=O) groups is 1. The van der Waals surface area contributed by atoms with Crippen molar-refractivity contribution in [3.05, 3.63) is 92.6 Å². The Kier molecular flexibility index (Phi) is 4.56. The van der Waals surface area contributed by atoms with E-state index in [1.807, 2.05) is 30.0 Å². The van der Waals surface area contributed by atoms with Gasteiger partial charge in [0.05, 0.1) is 28.9 Å². The van der Waals surface area contributed by atoms with Crippen molar-refractivity contribution >= 4 is 17.5 Å². The molecule has 3 aromatic rings. The number of carbonyl (C=O) groups excluding carboxylic acids is 1. The van der Waals surface area contributed by atoms with Gasteiger partial charge in [-0.15, -0.1) is 0 Å². The van der Waals surface area contributed by atoms with E-state index >= 15 is 0 Å². The first-order chi connectivity index (χ1) is 15.0. The zero-order valence-electron chi connectivity index (χ0n) is 16.7. The summed E-state index contributed by atoms with van der Waals surface area (Å²) < 4.78 is 17.3. The molecule has 3 heterocycles. The van der Waals surface area contributed by atoms with Crippen molar-refractivity contribution in [2.24, 2.45) is 0 Å². The van der Waals surface area contributed by atoms with Crippen LogP contribution >= 0.6 is 0 Å². The van der Waals surface area contributed by atoms with Gasteiger partial charge in [-0.25, -0.2) is 0 Å². The molecule has 8 nitrogen and oxygen atoms in total. The molecule has 5 rings (SSSR count). The molecule has 31 heavy (non-hydrogen) atoms. The second-order valence-corrected chi connectivity index (χ2v) is 7.51. The molecule has 8 heteroatoms. The lowest BCUT2D eigenvalue weighted by Crippen LogP contribution is -2.31. The van der Waals surface area contributed by atoms with Crippen LogP contribution in [0.25, 0.3) is 6.08 Å². The van der Waals surface area contributed by atoms with Crippen LogP contribution in [0.15, 0.2) is 58.9 Å². The number of ketones is 1. The van der Waals surface area contributed by atoms with Gasteiger partial charge in [-0.05, 0) is 42.3 Å². The number of nitro groups is 1. The molecule has 0 fully saturated rings. The van der Waals surface area contributed by atoms with Gasteiger partial charge < -0.3 is 13.9 Å². The molecule has 0 N–H and O–H groups in total. The number of fused-ring (bicyclic) bond motifs is 3. The van der Waals surface area contributed by atoms with Crippen LogP contribution < -0.4 is 9.47 Å². The third-order valence-corrected chi connectivity index (χ3v) is 5.33. The highest BCUT2D eigenvalue weighted by Gasteiger charge is 2.35. The van der Waals surface area contributed by atoms with Crippen LogP contribution in [0.3, 0.4) is 0 Å². The first kappa shape index (κ1) is 19.1. The minimum atomic E-state index is -0.473. The first-order valence-electron chi connectivity index (χ1n) is 9.72. The summed E-state index contributed by atoms with van der Waals surface area (Å²) in [6, 6.07) is 11.7. The second kappa shape index (κ2) is 7.41. The smallest absolute Gasteiger partial charge is 0.270 e. The summed E-state index contributed by atoms with van der Waals surface area (Å²) in [5, 5.41) is 11.0. The highest BCUT2D eigenvalue weighted by Crippen LogP contribution is 2.44. The van der Waals surface area contributed by atoms with E-state index in [0.717, 1.165) is 16.9 Å². The number of nitrogens with zero attached hydrogens (tertiary/aromatic N) is 2. The highest BCUT2D eigenvalue weighted by atomic mass is 16.6. The fraction of sp³-hybridized carbons (Fsp3) is 0.174. The standard InChI is InChI=1S/C23H18N2O6/c1-14-8-19-18(12-24(13-30-19)11-17-6-3-7-29-17)23-21(14)22(26)20(31-23)10-15-4-2-5-16(9-15)25(27)28/h2-10H,11-13H2,1H3/b20-10-. The molecule has 0 bridgehead atoms. The summed E-state index contributed by atoms with van der Waals surface area (Å²) in [6.07, 6.45) is 3.16. The molecule has 0 atom stereocenters. The number of nitro benzene ring substituents is 1. The van der Waals surface area contributed by atoms with E-state index < -0.39 is 4.92 Å². The van der Waals surface area contributed by atoms with Crippen molar-refractivity contribution in [2.75, 3.05) is 6.73 Å². The quantitative estimate of drug-likeness (QED) is 0.351. The van der Waals surface area contributed by atoms with Crippen molar-refractivity contribution in [2.45, 2.75) is 20.0 Å². The number of furan rings is 1. The molecule has 2 aromatic carbocycles. The van der Waals surface area contributed by atoms with Gasteiger partial charge in [-0.1, -0.05) is 12.1 Å². The Bertz CT molecular complexity index is 1230. The topological polar surface area (TPSA) is 95.0 Å². The molecule has 156 valence electrons. The highest BCUT2D eigenvalue weighted by molar-refractivity contribution is 6.15. The fourth-order valence-electron chi connectivity index (χ4n) is 3.88. The van der Waals surface area contributed by atoms with Gasteiger partial charge in [0.25, 0.3) is 5.69 Å². The van der Waals surface area contributed by atoms with Gasteiger partial charge in [0.1, 0.15) is 24.0 Å². The van der Waals surface area contributed by atoms with Crippen LogP contribution in [0.4, 0.5) is 5.69 Å². The normalized spacial score (nSPS) is 16.5. The maximum atomic E-state index is 13.1. The molecule has 2 aliphatic rings. The summed E-state index contributed by atoms with van der Waals surface area (Å²) in [6.45, 7) is 3.35. The summed E-state index contributed by atoms with van der Waals surface area (Å²) in [4.78, 5) is 25.7. The van der Waals surface area contributed by atoms with Crippen LogP contribution in [0.5, 0.6) is 11.5 Å². The number of ether oxygens (including phenoxy) is 2. The van der Waals surface area contributed by atoms with Crippen molar-refractivity contribution in [1.29, 1.82) is 0 Å². The van der Waals surface area contributed by atoms with Gasteiger partial charge >= 0.3 is 0 Å². The van der Waals surface area contributed by atoms with Crippen LogP contribution in [0.1, 0.15) is 32.8 Å². The van der Waals surface area contributed by atoms with E-state index in [-0.39, 0.29) is 17.2 Å². The molecule has 0 saturated heterocycles. The van der Waals surface area contributed by atoms with E-state index in [9.17, 15) is 14.9 Å². The number of aryl methyl sites for hydroxylation is 1. The van der Waals surface area contributed by atoms with Gasteiger partial charge in [0.2, 0.25) is 5.78 Å². The Hall–Kier alpha value is -3.91. The maximum Gasteiger partial charge on any atom is 0.270 e. The number of non-ortho nitro benzene ring substituents is 1. The molecule has 2 aliphatic heterocycles. The SMILES string of the molecule is Cc1cc2c(c3c1C(=O)/C(=C/c1cccc([N+](=O)[O-])c1)O3)CN(Cc1ccco1)CO2. The van der Waals surface area contributed by atoms with E-state index in [1.165, 1.54) is 18.2 Å². The molecule has 0 saturated carbocycles. The van der Waals surface area contributed by atoms with E-state index in [0.29, 0.717) is 42.4 Å². The third kappa shape index (κ3) is 3.47. The molecular formula is C23H18N2O6. The predicted molar refractivity (Wildman–Crippen MR) is 111 cm³/mol. The van der Waals surface area contributed by atoms with Crippen LogP contribution in [-0.2, 0) is 13.1 Å². The third-order valence-electron chi connectivity index (χ3n) is 5.33. The Morgan fingerprint density at radius 3 is 2.87 bits per heavy atom. The molecule has 0 aliphatic carbocycles. The number of rotatable bonds is 4. The maximum absolute atomic E-state index is 13.1. The molecule has 0 radical (unpaired) electrons. The van der Waals surface area contributed by atoms with Gasteiger partial charge in [0, 0.05) is 18.7 Å². The van der Waals surface area contributed by atoms with Crippen molar-refractivity contribution < 1.29 is 23.6 Å². The van der Waals surface area contributed by atoms with Crippen molar-refractivity contribution in [3.63, 3.8) is 0 Å². The number of allylic oxidation sites excluding steroid dienone is 1. The fourth-order valence-corrected chi connectivity index (χ4v) is 3.88. The Balaban J connectivity index is 1.48. The van der Waals surface area contributed by atoms with E-state index in [2.05, 4.69) is 0 Å². The zero-order valence-corrected chi connectivity index (χ0v) is 16.7. The van der Waals surface area contributed by atoms with Gasteiger partial charge in [-0.2, -0.15) is 0 Å². The molecular weight excluding hydrogens is 400 g/mol. The Morgan fingerprint density at radius 2 is 2.10 bits per heavy atom. The van der Waals surface area contributed by atoms with Gasteiger partial charge in [0.15, 0.2) is 5.76 Å². The Labute approximate surface area is 177 Å². The van der Waals surface area contributed by atoms with Crippen molar-refractivity contribution in [1.82, 2.24) is 4.90 Å². The van der Waals surface area contributed by atoms with E-state index in [1.54, 1.807) is 18.4 Å². The van der Waals surface area contributed by atoms with E-state index in [4.69, 9.17) is 13.9 Å². The monoisotopic (exact) mass is 418 g/mol. The summed E-state index contributed by atoms with van der Waals surface area (Å²) in [5.41, 5.74) is 2.54. The van der Waals surface area contributed by atoms with Crippen LogP contribution in [-0.4, -0.2) is 22.3 Å². The lowest BCUT2D eigenvalue weighted by atomic mass is 9.98. The van der Waals surface area contributed by atoms with Gasteiger partial charge in [-0.3, -0.25) is 19.8 Å². The Morgan fingerprint density at radius 1 is 1.23 bits per heavy atom. The summed E-state index contributed by atoms with van der Waals surface area (Å²) >= 11 is 0. The number of benzene rings is 2. The second-order valence-electron chi connectivity index (χ2n) is 7.51. The molecule has 0 amide bonds. The number of hydrogen-bond donors (Lipinski definition) is 0. The van der Waals surface area contributed by atoms with Crippen LogP contribution in [0.2, 0.25) is 0 Å². The average molecular weight is 418 g/mol. The van der Waals surface area contributed by atoms with Crippen LogP contribution in [0, 0.1) is 17.0 Å². The molecule has 0 spiro atoms. The largest absolute Gasteiger partial charge is 0.478 e. The first-order valence-corrected chi connectivity index (χ1v) is 9.72. The summed E-state index contributed by atoms with van der Waals surface area (Å²) in [5.74, 6) is 1.89. The zero-order chi connectivity index (χ0) is 21.5. The number of hydrogen-bond acceptors (Lipinski definition) is 7. The lowest BCUT2D eigenvalue weighted by molar-refractivity contribution is -0.384. The van der Waals surface area contributed by atoms with Crippen molar-refractivity contribution in [3.8, 4) is 11.5 Å². The minimum absolute atomic E-state index is 0.0483.